The van der Waals surface area contributed by atoms with Crippen LogP contribution in [-0.2, 0) is 22.5 Å². The summed E-state index contributed by atoms with van der Waals surface area (Å²) in [4.78, 5) is 12.1. The number of rotatable bonds is 2. The van der Waals surface area contributed by atoms with E-state index in [1.807, 2.05) is 20.8 Å². The third-order valence-electron chi connectivity index (χ3n) is 4.05. The van der Waals surface area contributed by atoms with Crippen molar-refractivity contribution in [3.8, 4) is 0 Å². The zero-order chi connectivity index (χ0) is 14.3. The molecule has 0 unspecified atom stereocenters. The van der Waals surface area contributed by atoms with E-state index in [2.05, 4.69) is 23.5 Å². The number of carbonyl (C=O) groups is 1. The van der Waals surface area contributed by atoms with Crippen LogP contribution in [0.2, 0.25) is 0 Å². The fourth-order valence-corrected chi connectivity index (χ4v) is 2.93. The minimum absolute atomic E-state index is 0.0399. The molecule has 0 aromatic heterocycles. The first kappa shape index (κ1) is 13.6. The number of nitrogens with one attached hydrogen (secondary N) is 1. The molecule has 0 amide bonds. The van der Waals surface area contributed by atoms with Crippen LogP contribution in [0.5, 0.6) is 0 Å². The van der Waals surface area contributed by atoms with E-state index >= 15 is 0 Å². The van der Waals surface area contributed by atoms with Gasteiger partial charge in [-0.05, 0) is 62.8 Å². The van der Waals surface area contributed by atoms with Gasteiger partial charge < -0.3 is 10.1 Å². The Balaban J connectivity index is 1.69. The summed E-state index contributed by atoms with van der Waals surface area (Å²) in [7, 11) is 0. The van der Waals surface area contributed by atoms with E-state index in [0.29, 0.717) is 5.92 Å². The predicted molar refractivity (Wildman–Crippen MR) is 78.5 cm³/mol. The fourth-order valence-electron chi connectivity index (χ4n) is 2.93. The molecule has 1 aliphatic carbocycles. The molecular formula is C17H23NO2. The predicted octanol–water partition coefficient (Wildman–Crippen LogP) is 2.78. The molecule has 1 aromatic rings. The Hall–Kier alpha value is -1.35. The number of fused-ring (bicyclic) bond motifs is 1. The van der Waals surface area contributed by atoms with Gasteiger partial charge in [0.05, 0.1) is 5.92 Å². The summed E-state index contributed by atoms with van der Waals surface area (Å²) in [6.07, 6.45) is 2.03. The molecule has 3 rings (SSSR count). The van der Waals surface area contributed by atoms with Crippen molar-refractivity contribution in [3.63, 3.8) is 0 Å². The van der Waals surface area contributed by atoms with Gasteiger partial charge in [-0.25, -0.2) is 0 Å². The number of hydrogen-bond acceptors (Lipinski definition) is 3. The number of benzene rings is 1. The second kappa shape index (κ2) is 4.88. The molecule has 0 bridgehead atoms. The first-order chi connectivity index (χ1) is 9.44. The van der Waals surface area contributed by atoms with Crippen LogP contribution in [0.3, 0.4) is 0 Å². The van der Waals surface area contributed by atoms with Crippen molar-refractivity contribution in [2.75, 3.05) is 6.54 Å². The Labute approximate surface area is 120 Å². The highest BCUT2D eigenvalue weighted by Gasteiger charge is 2.46. The lowest BCUT2D eigenvalue weighted by Crippen LogP contribution is -2.25. The zero-order valence-electron chi connectivity index (χ0n) is 12.5. The average Bonchev–Trinajstić information content (AvgIpc) is 3.16. The molecule has 0 radical (unpaired) electrons. The maximum Gasteiger partial charge on any atom is 0.310 e. The van der Waals surface area contributed by atoms with Gasteiger partial charge in [0, 0.05) is 6.54 Å². The van der Waals surface area contributed by atoms with Crippen LogP contribution >= 0.6 is 0 Å². The van der Waals surface area contributed by atoms with Crippen molar-refractivity contribution >= 4 is 5.97 Å². The average molecular weight is 273 g/mol. The Morgan fingerprint density at radius 3 is 2.85 bits per heavy atom. The first-order valence-corrected chi connectivity index (χ1v) is 7.49. The standard InChI is InChI=1S/C17H23NO2/c1-17(2,3)20-16(19)15-9-14(15)12-4-5-13-10-18-7-6-11(13)8-12/h4-5,8,14-15,18H,6-7,9-10H2,1-3H3/t14-,15+/m0/s1. The monoisotopic (exact) mass is 273 g/mol. The van der Waals surface area contributed by atoms with Gasteiger partial charge in [-0.15, -0.1) is 0 Å². The Morgan fingerprint density at radius 1 is 1.30 bits per heavy atom. The van der Waals surface area contributed by atoms with Gasteiger partial charge in [0.25, 0.3) is 0 Å². The first-order valence-electron chi connectivity index (χ1n) is 7.49. The van der Waals surface area contributed by atoms with E-state index < -0.39 is 0 Å². The molecule has 1 saturated carbocycles. The summed E-state index contributed by atoms with van der Waals surface area (Å²) >= 11 is 0. The molecule has 1 N–H and O–H groups in total. The van der Waals surface area contributed by atoms with Crippen LogP contribution in [0.15, 0.2) is 18.2 Å². The van der Waals surface area contributed by atoms with Gasteiger partial charge in [0.1, 0.15) is 5.60 Å². The number of carbonyl (C=O) groups excluding carboxylic acids is 1. The van der Waals surface area contributed by atoms with E-state index in [1.54, 1.807) is 0 Å². The van der Waals surface area contributed by atoms with Crippen LogP contribution < -0.4 is 5.32 Å². The van der Waals surface area contributed by atoms with Crippen molar-refractivity contribution in [2.24, 2.45) is 5.92 Å². The minimum atomic E-state index is -0.383. The van der Waals surface area contributed by atoms with Crippen LogP contribution in [0, 0.1) is 5.92 Å². The smallest absolute Gasteiger partial charge is 0.310 e. The molecule has 3 heteroatoms. The highest BCUT2D eigenvalue weighted by molar-refractivity contribution is 5.77. The van der Waals surface area contributed by atoms with E-state index in [1.165, 1.54) is 16.7 Å². The molecule has 0 saturated heterocycles. The maximum absolute atomic E-state index is 12.1. The quantitative estimate of drug-likeness (QED) is 0.842. The van der Waals surface area contributed by atoms with Crippen LogP contribution in [-0.4, -0.2) is 18.1 Å². The zero-order valence-corrected chi connectivity index (χ0v) is 12.5. The molecule has 20 heavy (non-hydrogen) atoms. The summed E-state index contributed by atoms with van der Waals surface area (Å²) < 4.78 is 5.48. The highest BCUT2D eigenvalue weighted by Crippen LogP contribution is 2.49. The van der Waals surface area contributed by atoms with E-state index in [4.69, 9.17) is 4.74 Å². The minimum Gasteiger partial charge on any atom is -0.460 e. The topological polar surface area (TPSA) is 38.3 Å². The second-order valence-electron chi connectivity index (χ2n) is 6.94. The van der Waals surface area contributed by atoms with Crippen LogP contribution in [0.25, 0.3) is 0 Å². The SMILES string of the molecule is CC(C)(C)OC(=O)[C@@H]1C[C@H]1c1ccc2c(c1)CCNC2. The number of hydrogen-bond donors (Lipinski definition) is 1. The third kappa shape index (κ3) is 2.88. The summed E-state index contributed by atoms with van der Waals surface area (Å²) in [6.45, 7) is 7.79. The lowest BCUT2D eigenvalue weighted by molar-refractivity contribution is -0.156. The number of ether oxygens (including phenoxy) is 1. The Morgan fingerprint density at radius 2 is 2.10 bits per heavy atom. The largest absolute Gasteiger partial charge is 0.460 e. The molecule has 108 valence electrons. The second-order valence-corrected chi connectivity index (χ2v) is 6.94. The van der Waals surface area contributed by atoms with Gasteiger partial charge in [-0.1, -0.05) is 18.2 Å². The van der Waals surface area contributed by atoms with Gasteiger partial charge in [-0.2, -0.15) is 0 Å². The van der Waals surface area contributed by atoms with Crippen molar-refractivity contribution in [1.82, 2.24) is 5.32 Å². The van der Waals surface area contributed by atoms with Crippen molar-refractivity contribution in [1.29, 1.82) is 0 Å². The molecular weight excluding hydrogens is 250 g/mol. The molecule has 2 aliphatic rings. The Kier molecular flexibility index (Phi) is 3.33. The molecule has 2 atom stereocenters. The van der Waals surface area contributed by atoms with Gasteiger partial charge >= 0.3 is 5.97 Å². The lowest BCUT2D eigenvalue weighted by Gasteiger charge is -2.20. The summed E-state index contributed by atoms with van der Waals surface area (Å²) in [5, 5.41) is 3.38. The van der Waals surface area contributed by atoms with Gasteiger partial charge in [0.2, 0.25) is 0 Å². The van der Waals surface area contributed by atoms with Gasteiger partial charge in [0.15, 0.2) is 0 Å². The molecule has 1 heterocycles. The van der Waals surface area contributed by atoms with Gasteiger partial charge in [-0.3, -0.25) is 4.79 Å². The normalized spacial score (nSPS) is 24.9. The van der Waals surface area contributed by atoms with E-state index in [9.17, 15) is 4.79 Å². The molecule has 3 nitrogen and oxygen atoms in total. The highest BCUT2D eigenvalue weighted by atomic mass is 16.6. The maximum atomic E-state index is 12.1. The summed E-state index contributed by atoms with van der Waals surface area (Å²) in [6, 6.07) is 6.69. The Bertz CT molecular complexity index is 530. The molecule has 0 spiro atoms. The molecule has 1 fully saturated rings. The van der Waals surface area contributed by atoms with Crippen molar-refractivity contribution < 1.29 is 9.53 Å². The van der Waals surface area contributed by atoms with Crippen molar-refractivity contribution in [3.05, 3.63) is 34.9 Å². The lowest BCUT2D eigenvalue weighted by atomic mass is 9.96. The summed E-state index contributed by atoms with van der Waals surface area (Å²) in [5.74, 6) is 0.390. The van der Waals surface area contributed by atoms with Crippen LogP contribution in [0.4, 0.5) is 0 Å². The molecule has 1 aromatic carbocycles. The number of esters is 1. The van der Waals surface area contributed by atoms with E-state index in [0.717, 1.165) is 25.9 Å². The third-order valence-corrected chi connectivity index (χ3v) is 4.05. The molecule has 1 aliphatic heterocycles. The van der Waals surface area contributed by atoms with E-state index in [-0.39, 0.29) is 17.5 Å². The van der Waals surface area contributed by atoms with Crippen LogP contribution in [0.1, 0.15) is 49.8 Å². The van der Waals surface area contributed by atoms with Crippen molar-refractivity contribution in [2.45, 2.75) is 51.7 Å². The fraction of sp³-hybridized carbons (Fsp3) is 0.588. The summed E-state index contributed by atoms with van der Waals surface area (Å²) in [5.41, 5.74) is 3.76.